The highest BCUT2D eigenvalue weighted by molar-refractivity contribution is 5.94. The summed E-state index contributed by atoms with van der Waals surface area (Å²) in [7, 11) is 0. The van der Waals surface area contributed by atoms with Crippen LogP contribution in [0, 0.1) is 11.8 Å². The standard InChI is InChI=1S/C14H18N4O2/c15-13-11(7-19)12(17-18-13)8-3-5-10(6-4-8)16-14(20)9-1-2-9/h3-7,9,11-13,17-18H,1-2,15H2,(H,16,20). The number of anilines is 1. The number of hydrazine groups is 1. The van der Waals surface area contributed by atoms with Gasteiger partial charge in [-0.2, -0.15) is 0 Å². The fourth-order valence-corrected chi connectivity index (χ4v) is 2.42. The third kappa shape index (κ3) is 2.58. The first kappa shape index (κ1) is 13.2. The first-order valence-electron chi connectivity index (χ1n) is 6.82. The highest BCUT2D eigenvalue weighted by Gasteiger charge is 2.34. The van der Waals surface area contributed by atoms with Crippen LogP contribution in [-0.2, 0) is 9.59 Å². The average molecular weight is 274 g/mol. The van der Waals surface area contributed by atoms with Crippen LogP contribution in [0.4, 0.5) is 5.69 Å². The Hall–Kier alpha value is -1.76. The summed E-state index contributed by atoms with van der Waals surface area (Å²) >= 11 is 0. The topological polar surface area (TPSA) is 96.2 Å². The number of nitrogens with one attached hydrogen (secondary N) is 3. The van der Waals surface area contributed by atoms with Crippen molar-refractivity contribution in [2.75, 3.05) is 5.32 Å². The van der Waals surface area contributed by atoms with E-state index in [9.17, 15) is 9.59 Å². The molecule has 3 rings (SSSR count). The van der Waals surface area contributed by atoms with Crippen molar-refractivity contribution in [1.29, 1.82) is 0 Å². The second kappa shape index (κ2) is 5.32. The van der Waals surface area contributed by atoms with Gasteiger partial charge in [0.15, 0.2) is 0 Å². The molecule has 0 aromatic heterocycles. The van der Waals surface area contributed by atoms with Crippen LogP contribution >= 0.6 is 0 Å². The number of hydrogen-bond acceptors (Lipinski definition) is 5. The lowest BCUT2D eigenvalue weighted by atomic mass is 9.94. The molecule has 6 nitrogen and oxygen atoms in total. The van der Waals surface area contributed by atoms with Crippen molar-refractivity contribution in [3.05, 3.63) is 29.8 Å². The molecule has 0 spiro atoms. The van der Waals surface area contributed by atoms with Crippen molar-refractivity contribution in [3.8, 4) is 0 Å². The predicted molar refractivity (Wildman–Crippen MR) is 74.3 cm³/mol. The van der Waals surface area contributed by atoms with Gasteiger partial charge in [0.1, 0.15) is 6.29 Å². The number of aldehydes is 1. The highest BCUT2D eigenvalue weighted by Crippen LogP contribution is 2.31. The number of nitrogens with two attached hydrogens (primary N) is 1. The van der Waals surface area contributed by atoms with Gasteiger partial charge in [-0.05, 0) is 30.5 Å². The van der Waals surface area contributed by atoms with Crippen molar-refractivity contribution in [1.82, 2.24) is 10.9 Å². The zero-order valence-corrected chi connectivity index (χ0v) is 11.0. The maximum absolute atomic E-state index is 11.7. The van der Waals surface area contributed by atoms with E-state index in [-0.39, 0.29) is 30.0 Å². The summed E-state index contributed by atoms with van der Waals surface area (Å²) in [4.78, 5) is 22.7. The Labute approximate surface area is 117 Å². The zero-order chi connectivity index (χ0) is 14.1. The lowest BCUT2D eigenvalue weighted by Crippen LogP contribution is -2.39. The van der Waals surface area contributed by atoms with E-state index in [0.29, 0.717) is 0 Å². The van der Waals surface area contributed by atoms with E-state index in [4.69, 9.17) is 5.73 Å². The smallest absolute Gasteiger partial charge is 0.227 e. The van der Waals surface area contributed by atoms with Crippen molar-refractivity contribution in [2.24, 2.45) is 17.6 Å². The molecule has 1 heterocycles. The lowest BCUT2D eigenvalue weighted by Gasteiger charge is -2.15. The average Bonchev–Trinajstić information content (AvgIpc) is 3.23. The van der Waals surface area contributed by atoms with Gasteiger partial charge in [0.25, 0.3) is 0 Å². The molecule has 3 unspecified atom stereocenters. The normalized spacial score (nSPS) is 29.1. The SMILES string of the molecule is NC1NNC(c2ccc(NC(=O)C3CC3)cc2)C1C=O. The molecule has 1 amide bonds. The molecule has 0 radical (unpaired) electrons. The van der Waals surface area contributed by atoms with Crippen molar-refractivity contribution in [2.45, 2.75) is 25.0 Å². The second-order valence-corrected chi connectivity index (χ2v) is 5.39. The molecule has 1 aliphatic heterocycles. The summed E-state index contributed by atoms with van der Waals surface area (Å²) in [5.74, 6) is -0.0269. The Bertz CT molecular complexity index is 512. The Kier molecular flexibility index (Phi) is 3.52. The number of benzene rings is 1. The van der Waals surface area contributed by atoms with E-state index in [1.54, 1.807) is 0 Å². The van der Waals surface area contributed by atoms with Crippen LogP contribution in [0.1, 0.15) is 24.4 Å². The van der Waals surface area contributed by atoms with Crippen molar-refractivity contribution >= 4 is 17.9 Å². The first-order chi connectivity index (χ1) is 9.69. The van der Waals surface area contributed by atoms with Crippen LogP contribution in [0.5, 0.6) is 0 Å². The molecule has 0 bridgehead atoms. The first-order valence-corrected chi connectivity index (χ1v) is 6.82. The number of hydrogen-bond donors (Lipinski definition) is 4. The molecule has 2 fully saturated rings. The molecule has 106 valence electrons. The van der Waals surface area contributed by atoms with Crippen LogP contribution < -0.4 is 21.9 Å². The third-order valence-electron chi connectivity index (χ3n) is 3.85. The fourth-order valence-electron chi connectivity index (χ4n) is 2.42. The van der Waals surface area contributed by atoms with Gasteiger partial charge in [-0.15, -0.1) is 0 Å². The molecule has 6 heteroatoms. The Morgan fingerprint density at radius 2 is 1.95 bits per heavy atom. The van der Waals surface area contributed by atoms with E-state index in [2.05, 4.69) is 16.2 Å². The number of carbonyl (C=O) groups excluding carboxylic acids is 2. The zero-order valence-electron chi connectivity index (χ0n) is 11.0. The van der Waals surface area contributed by atoms with Gasteiger partial charge in [-0.3, -0.25) is 4.79 Å². The van der Waals surface area contributed by atoms with Gasteiger partial charge in [0.05, 0.1) is 18.1 Å². The monoisotopic (exact) mass is 274 g/mol. The third-order valence-corrected chi connectivity index (χ3v) is 3.85. The molecule has 1 aromatic carbocycles. The second-order valence-electron chi connectivity index (χ2n) is 5.39. The van der Waals surface area contributed by atoms with Crippen LogP contribution in [0.3, 0.4) is 0 Å². The highest BCUT2D eigenvalue weighted by atomic mass is 16.2. The molecule has 20 heavy (non-hydrogen) atoms. The molecule has 1 aliphatic carbocycles. The Morgan fingerprint density at radius 1 is 1.25 bits per heavy atom. The van der Waals surface area contributed by atoms with Gasteiger partial charge in [-0.1, -0.05) is 12.1 Å². The minimum atomic E-state index is -0.383. The quantitative estimate of drug-likeness (QED) is 0.592. The molecule has 1 saturated carbocycles. The fraction of sp³-hybridized carbons (Fsp3) is 0.429. The summed E-state index contributed by atoms with van der Waals surface area (Å²) in [6.45, 7) is 0. The molecule has 5 N–H and O–H groups in total. The molecule has 1 saturated heterocycles. The predicted octanol–water partition coefficient (Wildman–Crippen LogP) is 0.284. The summed E-state index contributed by atoms with van der Waals surface area (Å²) in [5.41, 5.74) is 13.4. The molecular weight excluding hydrogens is 256 g/mol. The lowest BCUT2D eigenvalue weighted by molar-refractivity contribution is -0.117. The Balaban J connectivity index is 1.69. The minimum absolute atomic E-state index is 0.0891. The summed E-state index contributed by atoms with van der Waals surface area (Å²) in [5, 5.41) is 2.89. The number of carbonyl (C=O) groups is 2. The van der Waals surface area contributed by atoms with Crippen molar-refractivity contribution < 1.29 is 9.59 Å². The van der Waals surface area contributed by atoms with E-state index in [1.807, 2.05) is 24.3 Å². The van der Waals surface area contributed by atoms with Crippen LogP contribution in [0.25, 0.3) is 0 Å². The van der Waals surface area contributed by atoms with E-state index >= 15 is 0 Å². The van der Waals surface area contributed by atoms with E-state index < -0.39 is 0 Å². The minimum Gasteiger partial charge on any atom is -0.326 e. The van der Waals surface area contributed by atoms with E-state index in [1.165, 1.54) is 0 Å². The van der Waals surface area contributed by atoms with E-state index in [0.717, 1.165) is 30.4 Å². The van der Waals surface area contributed by atoms with Gasteiger partial charge >= 0.3 is 0 Å². The summed E-state index contributed by atoms with van der Waals surface area (Å²) < 4.78 is 0. The van der Waals surface area contributed by atoms with Gasteiger partial charge < -0.3 is 15.8 Å². The summed E-state index contributed by atoms with van der Waals surface area (Å²) in [6, 6.07) is 7.36. The largest absolute Gasteiger partial charge is 0.326 e. The number of rotatable bonds is 4. The van der Waals surface area contributed by atoms with Gasteiger partial charge in [-0.25, -0.2) is 10.9 Å². The van der Waals surface area contributed by atoms with Crippen LogP contribution in [-0.4, -0.2) is 18.4 Å². The number of amides is 1. The van der Waals surface area contributed by atoms with Crippen molar-refractivity contribution in [3.63, 3.8) is 0 Å². The maximum Gasteiger partial charge on any atom is 0.227 e. The molecular formula is C14H18N4O2. The van der Waals surface area contributed by atoms with Crippen LogP contribution in [0.15, 0.2) is 24.3 Å². The maximum atomic E-state index is 11.7. The van der Waals surface area contributed by atoms with Gasteiger partial charge in [0, 0.05) is 11.6 Å². The molecule has 3 atom stereocenters. The Morgan fingerprint density at radius 3 is 2.55 bits per heavy atom. The molecule has 1 aromatic rings. The van der Waals surface area contributed by atoms with Crippen LogP contribution in [0.2, 0.25) is 0 Å². The summed E-state index contributed by atoms with van der Waals surface area (Å²) in [6.07, 6.45) is 2.46. The molecule has 2 aliphatic rings. The van der Waals surface area contributed by atoms with Gasteiger partial charge in [0.2, 0.25) is 5.91 Å².